The fourth-order valence-electron chi connectivity index (χ4n) is 1.38. The molecule has 2 heterocycles. The molecule has 0 saturated carbocycles. The minimum Gasteiger partial charge on any atom is -0.296 e. The minimum atomic E-state index is -0.521. The number of nitrogens with one attached hydrogen (secondary N) is 1. The zero-order valence-corrected chi connectivity index (χ0v) is 11.2. The molecular weight excluding hydrogens is 318 g/mol. The van der Waals surface area contributed by atoms with Crippen LogP contribution in [0.3, 0.4) is 0 Å². The van der Waals surface area contributed by atoms with E-state index in [1.54, 1.807) is 0 Å². The summed E-state index contributed by atoms with van der Waals surface area (Å²) in [6, 6.07) is 0. The summed E-state index contributed by atoms with van der Waals surface area (Å²) in [5.74, 6) is 4.46. The summed E-state index contributed by atoms with van der Waals surface area (Å²) in [6.07, 6.45) is 4.30. The maximum Gasteiger partial charge on any atom is 0.287 e. The monoisotopic (exact) mass is 327 g/mol. The molecule has 0 radical (unpaired) electrons. The molecule has 0 aliphatic rings. The molecule has 19 heavy (non-hydrogen) atoms. The van der Waals surface area contributed by atoms with Crippen molar-refractivity contribution in [3.63, 3.8) is 0 Å². The van der Waals surface area contributed by atoms with Gasteiger partial charge in [-0.15, -0.1) is 5.10 Å². The largest absolute Gasteiger partial charge is 0.296 e. The Morgan fingerprint density at radius 1 is 1.47 bits per heavy atom. The predicted octanol–water partition coefficient (Wildman–Crippen LogP) is -1.10. The summed E-state index contributed by atoms with van der Waals surface area (Å²) in [5.41, 5.74) is 1.89. The zero-order chi connectivity index (χ0) is 13.8. The van der Waals surface area contributed by atoms with Gasteiger partial charge in [-0.1, -0.05) is 5.21 Å². The third-order valence-electron chi connectivity index (χ3n) is 2.33. The lowest BCUT2D eigenvalue weighted by molar-refractivity contribution is 0.0948. The summed E-state index contributed by atoms with van der Waals surface area (Å²) in [5, 5.41) is 7.40. The highest BCUT2D eigenvalue weighted by atomic mass is 79.9. The molecule has 2 aromatic heterocycles. The van der Waals surface area contributed by atoms with Gasteiger partial charge in [0.2, 0.25) is 0 Å². The second kappa shape index (κ2) is 5.71. The summed E-state index contributed by atoms with van der Waals surface area (Å²) < 4.78 is 3.25. The predicted molar refractivity (Wildman–Crippen MR) is 67.9 cm³/mol. The van der Waals surface area contributed by atoms with Crippen LogP contribution in [0, 0.1) is 0 Å². The molecule has 9 nitrogen and oxygen atoms in total. The number of hydrazine groups is 1. The second-order valence-corrected chi connectivity index (χ2v) is 4.43. The molecule has 10 heteroatoms. The van der Waals surface area contributed by atoms with Crippen molar-refractivity contribution in [3.8, 4) is 0 Å². The van der Waals surface area contributed by atoms with E-state index in [1.807, 2.05) is 5.43 Å². The quantitative estimate of drug-likeness (QED) is 0.418. The lowest BCUT2D eigenvalue weighted by Crippen LogP contribution is -2.30. The molecule has 0 fully saturated rings. The smallest absolute Gasteiger partial charge is 0.287 e. The van der Waals surface area contributed by atoms with Gasteiger partial charge in [0.25, 0.3) is 11.5 Å². The number of amides is 1. The molecular formula is C9H10BrN7O2. The third-order valence-corrected chi connectivity index (χ3v) is 2.88. The molecule has 0 spiro atoms. The van der Waals surface area contributed by atoms with E-state index in [1.165, 1.54) is 28.0 Å². The molecule has 3 N–H and O–H groups in total. The van der Waals surface area contributed by atoms with Crippen LogP contribution >= 0.6 is 15.9 Å². The first-order valence-electron chi connectivity index (χ1n) is 5.23. The summed E-state index contributed by atoms with van der Waals surface area (Å²) in [7, 11) is 0. The normalized spacial score (nSPS) is 10.4. The lowest BCUT2D eigenvalue weighted by atomic mass is 10.4. The number of rotatable bonds is 4. The number of aromatic nitrogens is 5. The van der Waals surface area contributed by atoms with Gasteiger partial charge in [-0.3, -0.25) is 19.6 Å². The van der Waals surface area contributed by atoms with E-state index in [9.17, 15) is 9.59 Å². The Bertz CT molecular complexity index is 650. The highest BCUT2D eigenvalue weighted by Crippen LogP contribution is 1.99. The van der Waals surface area contributed by atoms with Crippen molar-refractivity contribution in [2.75, 3.05) is 0 Å². The summed E-state index contributed by atoms with van der Waals surface area (Å²) >= 11 is 3.11. The second-order valence-electron chi connectivity index (χ2n) is 3.58. The fraction of sp³-hybridized carbons (Fsp3) is 0.222. The third kappa shape index (κ3) is 3.03. The van der Waals surface area contributed by atoms with Gasteiger partial charge in [0.1, 0.15) is 4.47 Å². The standard InChI is InChI=1S/C9H10BrN7O2/c10-6-3-12-5-16(9(6)19)1-2-17-4-7(14-15-17)8(18)13-11/h3-5H,1-2,11H2,(H,13,18). The van der Waals surface area contributed by atoms with Gasteiger partial charge >= 0.3 is 0 Å². The van der Waals surface area contributed by atoms with E-state index in [-0.39, 0.29) is 11.3 Å². The molecule has 2 rings (SSSR count). The number of hydrogen-bond acceptors (Lipinski definition) is 6. The van der Waals surface area contributed by atoms with Crippen LogP contribution in [0.2, 0.25) is 0 Å². The van der Waals surface area contributed by atoms with Gasteiger partial charge in [0.05, 0.1) is 19.1 Å². The van der Waals surface area contributed by atoms with Gasteiger partial charge in [-0.25, -0.2) is 15.5 Å². The van der Waals surface area contributed by atoms with Gasteiger partial charge in [-0.2, -0.15) is 0 Å². The average Bonchev–Trinajstić information content (AvgIpc) is 2.88. The Kier molecular flexibility index (Phi) is 4.02. The Labute approximate surface area is 115 Å². The number of nitrogens with two attached hydrogens (primary N) is 1. The SMILES string of the molecule is NNC(=O)c1cn(CCn2cncc(Br)c2=O)nn1. The summed E-state index contributed by atoms with van der Waals surface area (Å²) in [6.45, 7) is 0.737. The Morgan fingerprint density at radius 3 is 3.00 bits per heavy atom. The molecule has 2 aromatic rings. The number of carbonyl (C=O) groups excluding carboxylic acids is 1. The van der Waals surface area contributed by atoms with Crippen molar-refractivity contribution in [2.24, 2.45) is 5.84 Å². The maximum atomic E-state index is 11.7. The van der Waals surface area contributed by atoms with Crippen molar-refractivity contribution in [1.29, 1.82) is 0 Å². The van der Waals surface area contributed by atoms with Crippen LogP contribution in [0.4, 0.5) is 0 Å². The zero-order valence-electron chi connectivity index (χ0n) is 9.65. The van der Waals surface area contributed by atoms with E-state index >= 15 is 0 Å². The Morgan fingerprint density at radius 2 is 2.26 bits per heavy atom. The van der Waals surface area contributed by atoms with E-state index in [4.69, 9.17) is 5.84 Å². The number of hydrogen-bond donors (Lipinski definition) is 2. The van der Waals surface area contributed by atoms with E-state index in [2.05, 4.69) is 31.2 Å². The van der Waals surface area contributed by atoms with Gasteiger partial charge in [-0.05, 0) is 15.9 Å². The summed E-state index contributed by atoms with van der Waals surface area (Å²) in [4.78, 5) is 26.8. The molecule has 0 saturated heterocycles. The molecule has 100 valence electrons. The van der Waals surface area contributed by atoms with Crippen LogP contribution in [0.5, 0.6) is 0 Å². The van der Waals surface area contributed by atoms with Crippen LogP contribution in [0.1, 0.15) is 10.5 Å². The minimum absolute atomic E-state index is 0.113. The van der Waals surface area contributed by atoms with Crippen molar-refractivity contribution in [2.45, 2.75) is 13.1 Å². The molecule has 1 amide bonds. The highest BCUT2D eigenvalue weighted by molar-refractivity contribution is 9.10. The number of carbonyl (C=O) groups is 1. The van der Waals surface area contributed by atoms with Crippen molar-refractivity contribution in [1.82, 2.24) is 30.0 Å². The first-order valence-corrected chi connectivity index (χ1v) is 6.02. The molecule has 0 unspecified atom stereocenters. The topological polar surface area (TPSA) is 121 Å². The number of nitrogen functional groups attached to an aromatic ring is 1. The molecule has 0 aliphatic heterocycles. The molecule has 0 aliphatic carbocycles. The van der Waals surface area contributed by atoms with E-state index < -0.39 is 5.91 Å². The lowest BCUT2D eigenvalue weighted by Gasteiger charge is -2.04. The van der Waals surface area contributed by atoms with Gasteiger partial charge < -0.3 is 0 Å². The van der Waals surface area contributed by atoms with Crippen molar-refractivity contribution in [3.05, 3.63) is 39.2 Å². The Balaban J connectivity index is 2.07. The molecule has 0 bridgehead atoms. The van der Waals surface area contributed by atoms with Crippen molar-refractivity contribution >= 4 is 21.8 Å². The Hall–Kier alpha value is -2.07. The van der Waals surface area contributed by atoms with Crippen molar-refractivity contribution < 1.29 is 4.79 Å². The first-order chi connectivity index (χ1) is 9.11. The van der Waals surface area contributed by atoms with E-state index in [0.29, 0.717) is 17.6 Å². The van der Waals surface area contributed by atoms with Crippen LogP contribution in [0.25, 0.3) is 0 Å². The van der Waals surface area contributed by atoms with Crippen LogP contribution in [-0.2, 0) is 13.1 Å². The van der Waals surface area contributed by atoms with Gasteiger partial charge in [0.15, 0.2) is 5.69 Å². The average molecular weight is 328 g/mol. The maximum absolute atomic E-state index is 11.7. The van der Waals surface area contributed by atoms with Crippen LogP contribution in [-0.4, -0.2) is 30.5 Å². The fourth-order valence-corrected chi connectivity index (χ4v) is 1.73. The molecule has 0 aromatic carbocycles. The van der Waals surface area contributed by atoms with E-state index in [0.717, 1.165) is 0 Å². The number of aryl methyl sites for hydroxylation is 2. The highest BCUT2D eigenvalue weighted by Gasteiger charge is 2.09. The van der Waals surface area contributed by atoms with Crippen LogP contribution < -0.4 is 16.8 Å². The first kappa shape index (κ1) is 13.4. The molecule has 0 atom stereocenters. The van der Waals surface area contributed by atoms with Gasteiger partial charge in [0, 0.05) is 12.7 Å². The number of halogens is 1. The number of nitrogens with zero attached hydrogens (tertiary/aromatic N) is 5. The van der Waals surface area contributed by atoms with Crippen LogP contribution in [0.15, 0.2) is 28.0 Å².